The highest BCUT2D eigenvalue weighted by Gasteiger charge is 2.11. The summed E-state index contributed by atoms with van der Waals surface area (Å²) in [6, 6.07) is 3.60. The Morgan fingerprint density at radius 3 is 2.77 bits per heavy atom. The van der Waals surface area contributed by atoms with E-state index < -0.39 is 0 Å². The van der Waals surface area contributed by atoms with E-state index in [0.717, 1.165) is 11.3 Å². The molecule has 0 N–H and O–H groups in total. The molecule has 2 nitrogen and oxygen atoms in total. The minimum atomic E-state index is 0. The van der Waals surface area contributed by atoms with Gasteiger partial charge in [-0.05, 0) is 18.2 Å². The van der Waals surface area contributed by atoms with Crippen molar-refractivity contribution in [1.82, 2.24) is 4.98 Å². The standard InChI is InChI=1S/C9H7NO.2ClH/c11-9-5-1-4-8-7(9)3-2-6-10-8;;/h1-4,6H,5H2;2*1H. The van der Waals surface area contributed by atoms with Crippen molar-refractivity contribution >= 4 is 36.7 Å². The van der Waals surface area contributed by atoms with Crippen molar-refractivity contribution in [3.8, 4) is 0 Å². The van der Waals surface area contributed by atoms with Gasteiger partial charge in [0, 0.05) is 18.2 Å². The Morgan fingerprint density at radius 2 is 2.08 bits per heavy atom. The zero-order valence-electron chi connectivity index (χ0n) is 6.77. The summed E-state index contributed by atoms with van der Waals surface area (Å²) in [5, 5.41) is 0. The van der Waals surface area contributed by atoms with E-state index in [9.17, 15) is 4.79 Å². The van der Waals surface area contributed by atoms with Crippen LogP contribution in [0.25, 0.3) is 6.08 Å². The maximum absolute atomic E-state index is 11.2. The fourth-order valence-electron chi connectivity index (χ4n) is 1.17. The first-order valence-electron chi connectivity index (χ1n) is 3.53. The maximum atomic E-state index is 11.2. The molecule has 1 aliphatic rings. The third-order valence-electron chi connectivity index (χ3n) is 1.72. The summed E-state index contributed by atoms with van der Waals surface area (Å²) in [7, 11) is 0. The fourth-order valence-corrected chi connectivity index (χ4v) is 1.17. The van der Waals surface area contributed by atoms with E-state index in [4.69, 9.17) is 0 Å². The molecule has 0 amide bonds. The molecule has 13 heavy (non-hydrogen) atoms. The highest BCUT2D eigenvalue weighted by Crippen LogP contribution is 2.15. The SMILES string of the molecule is Cl.Cl.O=C1CC=Cc2ncccc21. The second kappa shape index (κ2) is 5.00. The van der Waals surface area contributed by atoms with Crippen LogP contribution in [0.5, 0.6) is 0 Å². The van der Waals surface area contributed by atoms with Gasteiger partial charge in [0.2, 0.25) is 0 Å². The lowest BCUT2D eigenvalue weighted by molar-refractivity contribution is 0.0994. The molecule has 0 spiro atoms. The normalized spacial score (nSPS) is 12.5. The second-order valence-corrected chi connectivity index (χ2v) is 2.47. The lowest BCUT2D eigenvalue weighted by atomic mass is 10.0. The molecule has 70 valence electrons. The number of hydrogen-bond acceptors (Lipinski definition) is 2. The van der Waals surface area contributed by atoms with E-state index in [1.165, 1.54) is 0 Å². The van der Waals surface area contributed by atoms with E-state index >= 15 is 0 Å². The molecule has 0 aromatic carbocycles. The van der Waals surface area contributed by atoms with E-state index in [-0.39, 0.29) is 30.6 Å². The van der Waals surface area contributed by atoms with Crippen molar-refractivity contribution in [2.75, 3.05) is 0 Å². The first-order chi connectivity index (χ1) is 5.38. The molecule has 0 aliphatic heterocycles. The number of carbonyl (C=O) groups excluding carboxylic acids is 1. The van der Waals surface area contributed by atoms with Gasteiger partial charge >= 0.3 is 0 Å². The predicted molar refractivity (Wildman–Crippen MR) is 56.7 cm³/mol. The van der Waals surface area contributed by atoms with Crippen molar-refractivity contribution in [1.29, 1.82) is 0 Å². The number of nitrogens with zero attached hydrogens (tertiary/aromatic N) is 1. The van der Waals surface area contributed by atoms with Gasteiger partial charge in [-0.3, -0.25) is 9.78 Å². The number of carbonyl (C=O) groups is 1. The maximum Gasteiger partial charge on any atom is 0.168 e. The smallest absolute Gasteiger partial charge is 0.168 e. The van der Waals surface area contributed by atoms with Crippen LogP contribution >= 0.6 is 24.8 Å². The number of fused-ring (bicyclic) bond motifs is 1. The van der Waals surface area contributed by atoms with Crippen molar-refractivity contribution in [3.63, 3.8) is 0 Å². The van der Waals surface area contributed by atoms with Crippen LogP contribution in [-0.2, 0) is 0 Å². The Labute approximate surface area is 88.9 Å². The summed E-state index contributed by atoms with van der Waals surface area (Å²) in [5.41, 5.74) is 1.54. The number of aromatic nitrogens is 1. The lowest BCUT2D eigenvalue weighted by Gasteiger charge is -2.05. The van der Waals surface area contributed by atoms with Gasteiger partial charge in [-0.25, -0.2) is 0 Å². The molecule has 0 fully saturated rings. The summed E-state index contributed by atoms with van der Waals surface area (Å²) in [6.45, 7) is 0. The summed E-state index contributed by atoms with van der Waals surface area (Å²) in [5.74, 6) is 0.163. The molecular formula is C9H9Cl2NO. The van der Waals surface area contributed by atoms with Crippen LogP contribution in [0.1, 0.15) is 22.5 Å². The first-order valence-corrected chi connectivity index (χ1v) is 3.53. The highest BCUT2D eigenvalue weighted by atomic mass is 35.5. The lowest BCUT2D eigenvalue weighted by Crippen LogP contribution is -2.04. The van der Waals surface area contributed by atoms with Crippen LogP contribution in [-0.4, -0.2) is 10.8 Å². The topological polar surface area (TPSA) is 30.0 Å². The van der Waals surface area contributed by atoms with Crippen LogP contribution in [0.15, 0.2) is 24.4 Å². The minimum Gasteiger partial charge on any atom is -0.294 e. The van der Waals surface area contributed by atoms with E-state index in [0.29, 0.717) is 6.42 Å². The van der Waals surface area contributed by atoms with Crippen molar-refractivity contribution in [2.24, 2.45) is 0 Å². The van der Waals surface area contributed by atoms with Gasteiger partial charge < -0.3 is 0 Å². The molecule has 1 aliphatic carbocycles. The van der Waals surface area contributed by atoms with Gasteiger partial charge in [-0.1, -0.05) is 6.08 Å². The number of rotatable bonds is 0. The first kappa shape index (κ1) is 12.1. The van der Waals surface area contributed by atoms with Crippen molar-refractivity contribution in [3.05, 3.63) is 35.7 Å². The molecule has 0 radical (unpaired) electrons. The quantitative estimate of drug-likeness (QED) is 0.669. The van der Waals surface area contributed by atoms with Crippen LogP contribution < -0.4 is 0 Å². The zero-order valence-corrected chi connectivity index (χ0v) is 8.40. The molecule has 0 atom stereocenters. The van der Waals surface area contributed by atoms with E-state index in [1.807, 2.05) is 18.2 Å². The van der Waals surface area contributed by atoms with E-state index in [1.54, 1.807) is 12.3 Å². The minimum absolute atomic E-state index is 0. The molecular weight excluding hydrogens is 209 g/mol. The number of hydrogen-bond donors (Lipinski definition) is 0. The predicted octanol–water partition coefficient (Wildman–Crippen LogP) is 2.52. The zero-order chi connectivity index (χ0) is 7.68. The largest absolute Gasteiger partial charge is 0.294 e. The van der Waals surface area contributed by atoms with Crippen LogP contribution in [0, 0.1) is 0 Å². The number of allylic oxidation sites excluding steroid dienone is 1. The number of halogens is 2. The molecule has 4 heteroatoms. The highest BCUT2D eigenvalue weighted by molar-refractivity contribution is 6.01. The van der Waals surface area contributed by atoms with Crippen molar-refractivity contribution < 1.29 is 4.79 Å². The van der Waals surface area contributed by atoms with Gasteiger partial charge in [0.25, 0.3) is 0 Å². The molecule has 0 saturated carbocycles. The van der Waals surface area contributed by atoms with Crippen molar-refractivity contribution in [2.45, 2.75) is 6.42 Å². The average molecular weight is 218 g/mol. The van der Waals surface area contributed by atoms with Gasteiger partial charge in [-0.15, -0.1) is 24.8 Å². The monoisotopic (exact) mass is 217 g/mol. The Morgan fingerprint density at radius 1 is 1.31 bits per heavy atom. The van der Waals surface area contributed by atoms with Crippen LogP contribution in [0.2, 0.25) is 0 Å². The third-order valence-corrected chi connectivity index (χ3v) is 1.72. The molecule has 2 rings (SSSR count). The Hall–Kier alpha value is -0.860. The molecule has 0 bridgehead atoms. The van der Waals surface area contributed by atoms with Crippen LogP contribution in [0.3, 0.4) is 0 Å². The van der Waals surface area contributed by atoms with Gasteiger partial charge in [0.15, 0.2) is 5.78 Å². The van der Waals surface area contributed by atoms with Gasteiger partial charge in [-0.2, -0.15) is 0 Å². The summed E-state index contributed by atoms with van der Waals surface area (Å²) in [4.78, 5) is 15.3. The Bertz CT molecular complexity index is 336. The Balaban J connectivity index is 0.000000720. The fraction of sp³-hybridized carbons (Fsp3) is 0.111. The average Bonchev–Trinajstić information content (AvgIpc) is 2.06. The van der Waals surface area contributed by atoms with Gasteiger partial charge in [0.1, 0.15) is 0 Å². The molecule has 1 aromatic heterocycles. The molecule has 1 aromatic rings. The Kier molecular flexibility index (Phi) is 4.67. The molecule has 1 heterocycles. The second-order valence-electron chi connectivity index (χ2n) is 2.47. The van der Waals surface area contributed by atoms with Gasteiger partial charge in [0.05, 0.1) is 5.69 Å². The number of pyridine rings is 1. The van der Waals surface area contributed by atoms with E-state index in [2.05, 4.69) is 4.98 Å². The van der Waals surface area contributed by atoms with Crippen LogP contribution in [0.4, 0.5) is 0 Å². The molecule has 0 unspecified atom stereocenters. The number of ketones is 1. The summed E-state index contributed by atoms with van der Waals surface area (Å²) < 4.78 is 0. The number of Topliss-reactive ketones (excluding diaryl/α,β-unsaturated/α-hetero) is 1. The molecule has 0 saturated heterocycles. The summed E-state index contributed by atoms with van der Waals surface area (Å²) >= 11 is 0. The third kappa shape index (κ3) is 2.29. The summed E-state index contributed by atoms with van der Waals surface area (Å²) in [6.07, 6.45) is 5.94.